The Morgan fingerprint density at radius 2 is 1.93 bits per heavy atom. The minimum Gasteiger partial charge on any atom is -0.348 e. The molecule has 7 heteroatoms. The summed E-state index contributed by atoms with van der Waals surface area (Å²) in [5, 5.41) is 15.0. The molecule has 29 heavy (non-hydrogen) atoms. The van der Waals surface area contributed by atoms with Crippen LogP contribution in [0.2, 0.25) is 0 Å². The number of nitrogens with one attached hydrogen (secondary N) is 2. The van der Waals surface area contributed by atoms with E-state index in [9.17, 15) is 4.79 Å². The second kappa shape index (κ2) is 7.69. The number of fused-ring (bicyclic) bond motifs is 3. The highest BCUT2D eigenvalue weighted by Gasteiger charge is 2.38. The average Bonchev–Trinajstić information content (AvgIpc) is 3.10. The third-order valence-electron chi connectivity index (χ3n) is 5.98. The van der Waals surface area contributed by atoms with Gasteiger partial charge in [0.05, 0.1) is 28.3 Å². The number of nitrogens with zero attached hydrogens (tertiary/aromatic N) is 2. The maximum Gasteiger partial charge on any atom is 0.256 e. The molecule has 3 aliphatic rings. The van der Waals surface area contributed by atoms with Crippen molar-refractivity contribution in [1.29, 1.82) is 0 Å². The topological polar surface area (TPSA) is 56.7 Å². The summed E-state index contributed by atoms with van der Waals surface area (Å²) in [6.07, 6.45) is 5.82. The second-order valence-electron chi connectivity index (χ2n) is 7.99. The number of carbonyl (C=O) groups is 1. The number of hydrazone groups is 1. The van der Waals surface area contributed by atoms with Crippen molar-refractivity contribution in [1.82, 2.24) is 5.32 Å². The Balaban J connectivity index is 1.34. The Bertz CT molecular complexity index is 955. The summed E-state index contributed by atoms with van der Waals surface area (Å²) < 4.78 is 0. The van der Waals surface area contributed by atoms with Crippen LogP contribution < -0.4 is 15.6 Å². The van der Waals surface area contributed by atoms with Crippen LogP contribution in [0, 0.1) is 0 Å². The van der Waals surface area contributed by atoms with Gasteiger partial charge in [-0.1, -0.05) is 24.6 Å². The van der Waals surface area contributed by atoms with E-state index in [0.29, 0.717) is 0 Å². The fraction of sp³-hybridized carbons (Fsp3) is 0.455. The molecular weight excluding hydrogens is 400 g/mol. The van der Waals surface area contributed by atoms with Gasteiger partial charge in [0.15, 0.2) is 0 Å². The van der Waals surface area contributed by atoms with Crippen molar-refractivity contribution in [3.63, 3.8) is 0 Å². The minimum atomic E-state index is -0.134. The van der Waals surface area contributed by atoms with Crippen LogP contribution in [0.5, 0.6) is 0 Å². The van der Waals surface area contributed by atoms with Crippen molar-refractivity contribution in [2.75, 3.05) is 10.3 Å². The van der Waals surface area contributed by atoms with E-state index in [2.05, 4.69) is 41.6 Å². The van der Waals surface area contributed by atoms with E-state index in [-0.39, 0.29) is 22.7 Å². The third-order valence-corrected chi connectivity index (χ3v) is 8.74. The Labute approximate surface area is 180 Å². The number of carbonyl (C=O) groups excluding carboxylic acids is 1. The highest BCUT2D eigenvalue weighted by atomic mass is 32.2. The first-order chi connectivity index (χ1) is 14.1. The summed E-state index contributed by atoms with van der Waals surface area (Å²) in [4.78, 5) is 14.4. The molecule has 1 aliphatic carbocycles. The van der Waals surface area contributed by atoms with Gasteiger partial charge in [0.2, 0.25) is 0 Å². The molecule has 3 unspecified atom stereocenters. The van der Waals surface area contributed by atoms with Crippen LogP contribution in [0.1, 0.15) is 53.9 Å². The number of thiophene rings is 1. The molecule has 0 saturated heterocycles. The van der Waals surface area contributed by atoms with Crippen LogP contribution in [0.4, 0.5) is 10.7 Å². The summed E-state index contributed by atoms with van der Waals surface area (Å²) in [5.41, 5.74) is 4.26. The molecule has 1 aromatic heterocycles. The molecule has 0 radical (unpaired) electrons. The monoisotopic (exact) mass is 426 g/mol. The van der Waals surface area contributed by atoms with E-state index in [1.807, 2.05) is 18.2 Å². The predicted molar refractivity (Wildman–Crippen MR) is 123 cm³/mol. The van der Waals surface area contributed by atoms with Gasteiger partial charge in [-0.3, -0.25) is 9.80 Å². The molecule has 2 aromatic rings. The lowest BCUT2D eigenvalue weighted by molar-refractivity contribution is 0.0948. The molecule has 0 fully saturated rings. The van der Waals surface area contributed by atoms with Crippen LogP contribution in [-0.4, -0.2) is 28.4 Å². The normalized spacial score (nSPS) is 26.1. The fourth-order valence-electron chi connectivity index (χ4n) is 4.53. The zero-order valence-corrected chi connectivity index (χ0v) is 18.4. The van der Waals surface area contributed by atoms with Crippen molar-refractivity contribution in [3.05, 3.63) is 46.3 Å². The predicted octanol–water partition coefficient (Wildman–Crippen LogP) is 4.84. The zero-order chi connectivity index (χ0) is 20.0. The van der Waals surface area contributed by atoms with Gasteiger partial charge in [-0.05, 0) is 57.2 Å². The van der Waals surface area contributed by atoms with Gasteiger partial charge in [0.25, 0.3) is 5.91 Å². The molecule has 3 atom stereocenters. The number of hydrogen-bond acceptors (Lipinski definition) is 6. The van der Waals surface area contributed by atoms with Crippen molar-refractivity contribution in [2.45, 2.75) is 62.7 Å². The number of para-hydroxylation sites is 1. The third kappa shape index (κ3) is 3.44. The molecular formula is C22H26N4OS2. The SMILES string of the molecule is CC1=NN(c2ccccc2)C(C)C1SC1NC(=O)c2c(sc3c2CCCCC3)N1. The van der Waals surface area contributed by atoms with E-state index >= 15 is 0 Å². The van der Waals surface area contributed by atoms with Gasteiger partial charge in [0.1, 0.15) is 10.5 Å². The van der Waals surface area contributed by atoms with E-state index < -0.39 is 0 Å². The van der Waals surface area contributed by atoms with E-state index in [1.165, 1.54) is 29.7 Å². The van der Waals surface area contributed by atoms with Crippen molar-refractivity contribution in [3.8, 4) is 0 Å². The number of hydrogen-bond donors (Lipinski definition) is 2. The molecule has 3 heterocycles. The number of aryl methyl sites for hydroxylation is 1. The Morgan fingerprint density at radius 1 is 1.14 bits per heavy atom. The standard InChI is InChI=1S/C22H26N4OS2/c1-13-19(14(2)26(25-13)15-9-5-3-6-10-15)29-22-23-20(27)18-16-11-7-4-8-12-17(16)28-21(18)24-22/h3,5-6,9-10,14,19,22,24H,4,7-8,11-12H2,1-2H3,(H,23,27). The first kappa shape index (κ1) is 19.0. The number of thioether (sulfide) groups is 1. The Hall–Kier alpha value is -1.99. The molecule has 0 spiro atoms. The zero-order valence-electron chi connectivity index (χ0n) is 16.8. The maximum atomic E-state index is 13.0. The quantitative estimate of drug-likeness (QED) is 0.690. The lowest BCUT2D eigenvalue weighted by Gasteiger charge is -2.30. The maximum absolute atomic E-state index is 13.0. The number of amides is 1. The Kier molecular flexibility index (Phi) is 5.04. The molecule has 1 aromatic carbocycles. The summed E-state index contributed by atoms with van der Waals surface area (Å²) in [6, 6.07) is 10.5. The summed E-state index contributed by atoms with van der Waals surface area (Å²) in [5.74, 6) is 0.0795. The summed E-state index contributed by atoms with van der Waals surface area (Å²) in [6.45, 7) is 4.29. The van der Waals surface area contributed by atoms with Crippen LogP contribution in [-0.2, 0) is 12.8 Å². The van der Waals surface area contributed by atoms with Gasteiger partial charge >= 0.3 is 0 Å². The van der Waals surface area contributed by atoms with E-state index in [0.717, 1.165) is 34.8 Å². The minimum absolute atomic E-state index is 0.0795. The van der Waals surface area contributed by atoms with Crippen LogP contribution >= 0.6 is 23.1 Å². The largest absolute Gasteiger partial charge is 0.348 e. The molecule has 2 N–H and O–H groups in total. The molecule has 2 aliphatic heterocycles. The van der Waals surface area contributed by atoms with Crippen LogP contribution in [0.25, 0.3) is 0 Å². The smallest absolute Gasteiger partial charge is 0.256 e. The molecule has 5 nitrogen and oxygen atoms in total. The average molecular weight is 427 g/mol. The number of benzene rings is 1. The number of anilines is 2. The van der Waals surface area contributed by atoms with E-state index in [4.69, 9.17) is 5.10 Å². The van der Waals surface area contributed by atoms with Gasteiger partial charge in [-0.25, -0.2) is 0 Å². The van der Waals surface area contributed by atoms with Crippen LogP contribution in [0.3, 0.4) is 0 Å². The van der Waals surface area contributed by atoms with Crippen molar-refractivity contribution < 1.29 is 4.79 Å². The lowest BCUT2D eigenvalue weighted by atomic mass is 10.0. The molecule has 0 bridgehead atoms. The molecule has 152 valence electrons. The first-order valence-electron chi connectivity index (χ1n) is 10.4. The highest BCUT2D eigenvalue weighted by molar-refractivity contribution is 8.01. The lowest BCUT2D eigenvalue weighted by Crippen LogP contribution is -2.45. The van der Waals surface area contributed by atoms with Crippen molar-refractivity contribution >= 4 is 45.4 Å². The van der Waals surface area contributed by atoms with Gasteiger partial charge in [-0.15, -0.1) is 23.1 Å². The molecule has 1 amide bonds. The van der Waals surface area contributed by atoms with Crippen molar-refractivity contribution in [2.24, 2.45) is 5.10 Å². The van der Waals surface area contributed by atoms with Gasteiger partial charge in [-0.2, -0.15) is 5.10 Å². The van der Waals surface area contributed by atoms with Gasteiger partial charge in [0, 0.05) is 4.88 Å². The first-order valence-corrected chi connectivity index (χ1v) is 12.1. The fourth-order valence-corrected chi connectivity index (χ4v) is 7.16. The molecule has 5 rings (SSSR count). The van der Waals surface area contributed by atoms with Crippen LogP contribution in [0.15, 0.2) is 35.4 Å². The summed E-state index contributed by atoms with van der Waals surface area (Å²) >= 11 is 3.54. The van der Waals surface area contributed by atoms with E-state index in [1.54, 1.807) is 23.1 Å². The van der Waals surface area contributed by atoms with Gasteiger partial charge < -0.3 is 10.6 Å². The summed E-state index contributed by atoms with van der Waals surface area (Å²) in [7, 11) is 0. The highest BCUT2D eigenvalue weighted by Crippen LogP contribution is 2.41. The second-order valence-corrected chi connectivity index (χ2v) is 10.3. The Morgan fingerprint density at radius 3 is 2.76 bits per heavy atom. The number of rotatable bonds is 3. The molecule has 0 saturated carbocycles.